The number of ether oxygens (including phenoxy) is 1. The monoisotopic (exact) mass is 545 g/mol. The Morgan fingerprint density at radius 1 is 1.03 bits per heavy atom. The maximum atomic E-state index is 13.3. The molecule has 216 valence electrons. The van der Waals surface area contributed by atoms with E-state index in [9.17, 15) is 34.2 Å². The zero-order valence-electron chi connectivity index (χ0n) is 23.6. The first-order chi connectivity index (χ1) is 18.2. The van der Waals surface area contributed by atoms with Gasteiger partial charge in [-0.3, -0.25) is 19.2 Å². The molecule has 0 aromatic rings. The molecule has 0 spiro atoms. The smallest absolute Gasteiger partial charge is 0.326 e. The number of hydrogen-bond acceptors (Lipinski definition) is 7. The maximum absolute atomic E-state index is 13.3. The average Bonchev–Trinajstić information content (AvgIpc) is 3.16. The summed E-state index contributed by atoms with van der Waals surface area (Å²) in [6.07, 6.45) is 7.28. The molecular formula is C30H43NO8. The third-order valence-corrected chi connectivity index (χ3v) is 10.7. The van der Waals surface area contributed by atoms with Crippen LogP contribution in [0, 0.1) is 34.5 Å². The van der Waals surface area contributed by atoms with E-state index in [0.29, 0.717) is 31.1 Å². The summed E-state index contributed by atoms with van der Waals surface area (Å²) >= 11 is 0. The van der Waals surface area contributed by atoms with E-state index in [4.69, 9.17) is 4.74 Å². The van der Waals surface area contributed by atoms with Gasteiger partial charge in [0, 0.05) is 18.3 Å². The Morgan fingerprint density at radius 2 is 1.72 bits per heavy atom. The van der Waals surface area contributed by atoms with Crippen LogP contribution >= 0.6 is 0 Å². The van der Waals surface area contributed by atoms with Gasteiger partial charge in [-0.15, -0.1) is 0 Å². The standard InChI is InChI=1S/C30H43NO8/c1-17(2)26(27(36)37)31-24(34)7-8-25(35)39-16-23(33)30(38)14-11-22-20-6-5-18-15-19(32)9-12-28(18,3)21(20)10-13-29(22,30)4/h15,17,20-22,26,38H,5-14,16H2,1-4H3,(H,31,34)(H,36,37)/t20-,21+,22+,26?,28+,29+,30+/m1/s1. The summed E-state index contributed by atoms with van der Waals surface area (Å²) in [6, 6.07) is -1.05. The number of Topliss-reactive ketones (excluding diaryl/α,β-unsaturated/α-hetero) is 1. The van der Waals surface area contributed by atoms with E-state index in [0.717, 1.165) is 32.1 Å². The summed E-state index contributed by atoms with van der Waals surface area (Å²) in [5.74, 6) is -2.07. The number of carboxylic acid groups (broad SMARTS) is 1. The van der Waals surface area contributed by atoms with Crippen LogP contribution in [0.25, 0.3) is 0 Å². The van der Waals surface area contributed by atoms with Crippen molar-refractivity contribution in [3.05, 3.63) is 11.6 Å². The third kappa shape index (κ3) is 5.19. The van der Waals surface area contributed by atoms with Crippen LogP contribution in [0.2, 0.25) is 0 Å². The lowest BCUT2D eigenvalue weighted by atomic mass is 9.46. The number of aliphatic hydroxyl groups is 1. The molecule has 0 saturated heterocycles. The van der Waals surface area contributed by atoms with Crippen LogP contribution in [0.5, 0.6) is 0 Å². The molecule has 0 aliphatic heterocycles. The third-order valence-electron chi connectivity index (χ3n) is 10.7. The van der Waals surface area contributed by atoms with Crippen molar-refractivity contribution in [2.24, 2.45) is 34.5 Å². The van der Waals surface area contributed by atoms with Crippen molar-refractivity contribution in [1.29, 1.82) is 0 Å². The Morgan fingerprint density at radius 3 is 2.38 bits per heavy atom. The second-order valence-corrected chi connectivity index (χ2v) is 13.0. The molecule has 1 amide bonds. The minimum Gasteiger partial charge on any atom is -0.480 e. The molecule has 3 fully saturated rings. The summed E-state index contributed by atoms with van der Waals surface area (Å²) in [5, 5.41) is 23.3. The summed E-state index contributed by atoms with van der Waals surface area (Å²) in [6.45, 7) is 7.10. The molecule has 0 bridgehead atoms. The van der Waals surface area contributed by atoms with Gasteiger partial charge in [0.1, 0.15) is 11.6 Å². The van der Waals surface area contributed by atoms with Crippen LogP contribution in [-0.4, -0.2) is 57.9 Å². The molecule has 1 unspecified atom stereocenters. The largest absolute Gasteiger partial charge is 0.480 e. The van der Waals surface area contributed by atoms with Gasteiger partial charge >= 0.3 is 11.9 Å². The fourth-order valence-electron chi connectivity index (χ4n) is 8.35. The first-order valence-corrected chi connectivity index (χ1v) is 14.4. The van der Waals surface area contributed by atoms with Crippen molar-refractivity contribution in [1.82, 2.24) is 5.32 Å². The SMILES string of the molecule is CC(C)C(NC(=O)CCC(=O)OCC(=O)[C@@]1(O)CC[C@H]2[C@@H]3CCC4=CC(=O)CC[C@]4(C)[C@H]3CC[C@@]21C)C(=O)O. The van der Waals surface area contributed by atoms with Crippen molar-refractivity contribution in [2.75, 3.05) is 6.61 Å². The van der Waals surface area contributed by atoms with E-state index in [2.05, 4.69) is 12.2 Å². The highest BCUT2D eigenvalue weighted by atomic mass is 16.5. The Kier molecular flexibility index (Phi) is 8.14. The average molecular weight is 546 g/mol. The molecule has 3 N–H and O–H groups in total. The molecule has 4 aliphatic rings. The van der Waals surface area contributed by atoms with E-state index < -0.39 is 47.3 Å². The molecule has 9 nitrogen and oxygen atoms in total. The molecular weight excluding hydrogens is 502 g/mol. The number of aliphatic carboxylic acids is 1. The van der Waals surface area contributed by atoms with Crippen LogP contribution < -0.4 is 5.32 Å². The zero-order chi connectivity index (χ0) is 28.8. The molecule has 0 heterocycles. The number of esters is 1. The minimum atomic E-state index is -1.58. The van der Waals surface area contributed by atoms with Gasteiger partial charge in [-0.1, -0.05) is 33.3 Å². The number of rotatable bonds is 9. The van der Waals surface area contributed by atoms with Crippen LogP contribution in [0.15, 0.2) is 11.6 Å². The number of ketones is 2. The minimum absolute atomic E-state index is 0.00431. The topological polar surface area (TPSA) is 147 Å². The Bertz CT molecular complexity index is 1080. The Labute approximate surface area is 230 Å². The van der Waals surface area contributed by atoms with Crippen LogP contribution in [0.3, 0.4) is 0 Å². The molecule has 39 heavy (non-hydrogen) atoms. The molecule has 4 rings (SSSR count). The number of hydrogen-bond donors (Lipinski definition) is 3. The van der Waals surface area contributed by atoms with Gasteiger partial charge in [0.15, 0.2) is 12.4 Å². The van der Waals surface area contributed by atoms with E-state index in [1.54, 1.807) is 13.8 Å². The summed E-state index contributed by atoms with van der Waals surface area (Å²) in [4.78, 5) is 61.0. The summed E-state index contributed by atoms with van der Waals surface area (Å²) < 4.78 is 5.18. The number of fused-ring (bicyclic) bond motifs is 5. The molecule has 9 heteroatoms. The highest BCUT2D eigenvalue weighted by Crippen LogP contribution is 2.67. The van der Waals surface area contributed by atoms with Gasteiger partial charge < -0.3 is 20.3 Å². The van der Waals surface area contributed by atoms with Crippen molar-refractivity contribution in [3.8, 4) is 0 Å². The van der Waals surface area contributed by atoms with Crippen LogP contribution in [-0.2, 0) is 28.7 Å². The van der Waals surface area contributed by atoms with Crippen molar-refractivity contribution < 1.29 is 38.9 Å². The predicted molar refractivity (Wildman–Crippen MR) is 141 cm³/mol. The quantitative estimate of drug-likeness (QED) is 0.374. The van der Waals surface area contributed by atoms with E-state index >= 15 is 0 Å². The summed E-state index contributed by atoms with van der Waals surface area (Å²) in [5.41, 5.74) is -0.908. The predicted octanol–water partition coefficient (Wildman–Crippen LogP) is 3.37. The molecule has 0 aromatic heterocycles. The molecule has 0 aromatic carbocycles. The lowest BCUT2D eigenvalue weighted by Crippen LogP contribution is -2.58. The Hall–Kier alpha value is -2.55. The van der Waals surface area contributed by atoms with E-state index in [1.165, 1.54) is 5.57 Å². The highest BCUT2D eigenvalue weighted by molar-refractivity contribution is 5.92. The van der Waals surface area contributed by atoms with E-state index in [-0.39, 0.29) is 35.9 Å². The first-order valence-electron chi connectivity index (χ1n) is 14.4. The number of allylic oxidation sites excluding steroid dienone is 1. The number of carboxylic acids is 1. The van der Waals surface area contributed by atoms with Crippen molar-refractivity contribution in [3.63, 3.8) is 0 Å². The number of carbonyl (C=O) groups excluding carboxylic acids is 4. The van der Waals surface area contributed by atoms with Crippen LogP contribution in [0.4, 0.5) is 0 Å². The van der Waals surface area contributed by atoms with Gasteiger partial charge in [0.2, 0.25) is 11.7 Å². The fourth-order valence-corrected chi connectivity index (χ4v) is 8.35. The van der Waals surface area contributed by atoms with Gasteiger partial charge in [-0.05, 0) is 80.1 Å². The maximum Gasteiger partial charge on any atom is 0.326 e. The lowest BCUT2D eigenvalue weighted by molar-refractivity contribution is -0.170. The van der Waals surface area contributed by atoms with Gasteiger partial charge in [-0.25, -0.2) is 4.79 Å². The molecule has 7 atom stereocenters. The molecule has 4 aliphatic carbocycles. The second-order valence-electron chi connectivity index (χ2n) is 13.0. The van der Waals surface area contributed by atoms with Gasteiger partial charge in [0.25, 0.3) is 0 Å². The van der Waals surface area contributed by atoms with Crippen molar-refractivity contribution >= 4 is 29.4 Å². The van der Waals surface area contributed by atoms with Crippen molar-refractivity contribution in [2.45, 2.75) is 104 Å². The Balaban J connectivity index is 1.34. The molecule has 0 radical (unpaired) electrons. The van der Waals surface area contributed by atoms with Gasteiger partial charge in [0.05, 0.1) is 6.42 Å². The highest BCUT2D eigenvalue weighted by Gasteiger charge is 2.66. The van der Waals surface area contributed by atoms with Gasteiger partial charge in [-0.2, -0.15) is 0 Å². The summed E-state index contributed by atoms with van der Waals surface area (Å²) in [7, 11) is 0. The fraction of sp³-hybridized carbons (Fsp3) is 0.767. The lowest BCUT2D eigenvalue weighted by Gasteiger charge is -2.58. The normalized spacial score (nSPS) is 36.2. The zero-order valence-corrected chi connectivity index (χ0v) is 23.6. The number of carbonyl (C=O) groups is 5. The number of nitrogens with one attached hydrogen (secondary N) is 1. The van der Waals surface area contributed by atoms with E-state index in [1.807, 2.05) is 13.0 Å². The van der Waals surface area contributed by atoms with Crippen LogP contribution in [0.1, 0.15) is 91.9 Å². The first kappa shape index (κ1) is 29.4. The second kappa shape index (κ2) is 10.8. The molecule has 3 saturated carbocycles. The number of amides is 1.